The van der Waals surface area contributed by atoms with Crippen molar-refractivity contribution in [2.45, 2.75) is 31.2 Å². The van der Waals surface area contributed by atoms with Crippen molar-refractivity contribution in [3.63, 3.8) is 0 Å². The highest BCUT2D eigenvalue weighted by molar-refractivity contribution is 5.15. The van der Waals surface area contributed by atoms with Gasteiger partial charge in [-0.1, -0.05) is 30.3 Å². The highest BCUT2D eigenvalue weighted by atomic mass is 16.6. The molecule has 15 heavy (non-hydrogen) atoms. The van der Waals surface area contributed by atoms with Crippen LogP contribution in [0.15, 0.2) is 30.3 Å². The predicted octanol–water partition coefficient (Wildman–Crippen LogP) is 0.740. The fourth-order valence-electron chi connectivity index (χ4n) is 1.78. The first-order valence-corrected chi connectivity index (χ1v) is 5.29. The van der Waals surface area contributed by atoms with Crippen LogP contribution in [0.5, 0.6) is 0 Å². The molecule has 0 amide bonds. The summed E-state index contributed by atoms with van der Waals surface area (Å²) >= 11 is 0. The van der Waals surface area contributed by atoms with Crippen molar-refractivity contribution in [1.82, 2.24) is 0 Å². The molecule has 2 N–H and O–H groups in total. The lowest BCUT2D eigenvalue weighted by Crippen LogP contribution is -2.21. The van der Waals surface area contributed by atoms with Gasteiger partial charge >= 0.3 is 0 Å². The number of epoxide rings is 1. The molecule has 1 aliphatic heterocycles. The normalized spacial score (nSPS) is 26.3. The van der Waals surface area contributed by atoms with Crippen LogP contribution in [-0.2, 0) is 11.2 Å². The van der Waals surface area contributed by atoms with E-state index in [4.69, 9.17) is 9.84 Å². The second-order valence-electron chi connectivity index (χ2n) is 3.91. The summed E-state index contributed by atoms with van der Waals surface area (Å²) in [5.74, 6) is 0. The van der Waals surface area contributed by atoms with Crippen molar-refractivity contribution in [2.24, 2.45) is 0 Å². The van der Waals surface area contributed by atoms with Gasteiger partial charge in [0.1, 0.15) is 12.2 Å². The lowest BCUT2D eigenvalue weighted by atomic mass is 10.1. The second kappa shape index (κ2) is 4.75. The molecular weight excluding hydrogens is 192 g/mol. The highest BCUT2D eigenvalue weighted by Gasteiger charge is 2.43. The third-order valence-electron chi connectivity index (χ3n) is 2.75. The minimum Gasteiger partial charge on any atom is -0.394 e. The standard InChI is InChI=1S/C12H16O3/c13-8-10(14)12-11(15-12)7-6-9-4-2-1-3-5-9/h1-5,10-14H,6-8H2/t10-,11-,12+/m0/s1. The maximum absolute atomic E-state index is 9.29. The first-order chi connectivity index (χ1) is 7.31. The molecule has 1 saturated heterocycles. The summed E-state index contributed by atoms with van der Waals surface area (Å²) in [6, 6.07) is 10.2. The molecule has 0 aromatic heterocycles. The van der Waals surface area contributed by atoms with E-state index in [1.54, 1.807) is 0 Å². The largest absolute Gasteiger partial charge is 0.394 e. The van der Waals surface area contributed by atoms with E-state index in [0.717, 1.165) is 12.8 Å². The third-order valence-corrected chi connectivity index (χ3v) is 2.75. The van der Waals surface area contributed by atoms with Gasteiger partial charge in [-0.05, 0) is 18.4 Å². The molecule has 3 heteroatoms. The molecule has 0 unspecified atom stereocenters. The average Bonchev–Trinajstić information content (AvgIpc) is 3.06. The highest BCUT2D eigenvalue weighted by Crippen LogP contribution is 2.29. The minimum absolute atomic E-state index is 0.118. The maximum Gasteiger partial charge on any atom is 0.112 e. The Morgan fingerprint density at radius 3 is 2.67 bits per heavy atom. The molecule has 3 nitrogen and oxygen atoms in total. The number of hydrogen-bond donors (Lipinski definition) is 2. The zero-order valence-electron chi connectivity index (χ0n) is 8.54. The Hall–Kier alpha value is -0.900. The van der Waals surface area contributed by atoms with Crippen LogP contribution >= 0.6 is 0 Å². The second-order valence-corrected chi connectivity index (χ2v) is 3.91. The summed E-state index contributed by atoms with van der Waals surface area (Å²) in [6.07, 6.45) is 1.11. The van der Waals surface area contributed by atoms with Gasteiger partial charge in [0.2, 0.25) is 0 Å². The van der Waals surface area contributed by atoms with E-state index >= 15 is 0 Å². The molecule has 0 bridgehead atoms. The van der Waals surface area contributed by atoms with Gasteiger partial charge in [-0.15, -0.1) is 0 Å². The van der Waals surface area contributed by atoms with E-state index in [9.17, 15) is 5.11 Å². The van der Waals surface area contributed by atoms with Crippen LogP contribution in [0.1, 0.15) is 12.0 Å². The van der Waals surface area contributed by atoms with Crippen molar-refractivity contribution < 1.29 is 14.9 Å². The lowest BCUT2D eigenvalue weighted by molar-refractivity contribution is 0.0706. The van der Waals surface area contributed by atoms with E-state index in [1.807, 2.05) is 18.2 Å². The lowest BCUT2D eigenvalue weighted by Gasteiger charge is -2.01. The summed E-state index contributed by atoms with van der Waals surface area (Å²) in [5.41, 5.74) is 1.28. The Labute approximate surface area is 89.3 Å². The van der Waals surface area contributed by atoms with E-state index in [0.29, 0.717) is 0 Å². The topological polar surface area (TPSA) is 53.0 Å². The molecule has 3 atom stereocenters. The number of aliphatic hydroxyl groups excluding tert-OH is 2. The van der Waals surface area contributed by atoms with Gasteiger partial charge < -0.3 is 14.9 Å². The molecule has 1 aromatic carbocycles. The monoisotopic (exact) mass is 208 g/mol. The van der Waals surface area contributed by atoms with E-state index in [2.05, 4.69) is 12.1 Å². The molecule has 0 aliphatic carbocycles. The summed E-state index contributed by atoms with van der Waals surface area (Å²) in [5, 5.41) is 18.0. The van der Waals surface area contributed by atoms with Gasteiger partial charge in [0.05, 0.1) is 12.7 Å². The SMILES string of the molecule is OC[C@H](O)[C@H]1O[C@H]1CCc1ccccc1. The van der Waals surface area contributed by atoms with Gasteiger partial charge in [-0.2, -0.15) is 0 Å². The predicted molar refractivity (Wildman–Crippen MR) is 56.5 cm³/mol. The van der Waals surface area contributed by atoms with Gasteiger partial charge in [0.25, 0.3) is 0 Å². The van der Waals surface area contributed by atoms with Crippen LogP contribution < -0.4 is 0 Å². The molecule has 82 valence electrons. The van der Waals surface area contributed by atoms with E-state index in [1.165, 1.54) is 5.56 Å². The van der Waals surface area contributed by atoms with Gasteiger partial charge in [0, 0.05) is 0 Å². The Bertz CT molecular complexity index is 299. The zero-order valence-corrected chi connectivity index (χ0v) is 8.54. The van der Waals surface area contributed by atoms with Crippen molar-refractivity contribution >= 4 is 0 Å². The Morgan fingerprint density at radius 1 is 1.27 bits per heavy atom. The van der Waals surface area contributed by atoms with Crippen LogP contribution in [0.2, 0.25) is 0 Å². The molecule has 1 aliphatic rings. The van der Waals surface area contributed by atoms with Gasteiger partial charge in [-0.25, -0.2) is 0 Å². The number of rotatable bonds is 5. The summed E-state index contributed by atoms with van der Waals surface area (Å²) < 4.78 is 5.28. The van der Waals surface area contributed by atoms with E-state index < -0.39 is 6.10 Å². The number of hydrogen-bond acceptors (Lipinski definition) is 3. The Kier molecular flexibility index (Phi) is 3.36. The first kappa shape index (κ1) is 10.6. The molecule has 0 spiro atoms. The third kappa shape index (κ3) is 2.78. The van der Waals surface area contributed by atoms with Crippen LogP contribution in [0, 0.1) is 0 Å². The minimum atomic E-state index is -0.717. The van der Waals surface area contributed by atoms with Crippen LogP contribution in [0.4, 0.5) is 0 Å². The fraction of sp³-hybridized carbons (Fsp3) is 0.500. The Balaban J connectivity index is 1.73. The quantitative estimate of drug-likeness (QED) is 0.702. The molecule has 0 radical (unpaired) electrons. The molecule has 1 fully saturated rings. The van der Waals surface area contributed by atoms with Crippen molar-refractivity contribution in [3.8, 4) is 0 Å². The van der Waals surface area contributed by atoms with E-state index in [-0.39, 0.29) is 18.8 Å². The summed E-state index contributed by atoms with van der Waals surface area (Å²) in [7, 11) is 0. The average molecular weight is 208 g/mol. The molecule has 2 rings (SSSR count). The van der Waals surface area contributed by atoms with Gasteiger partial charge in [0.15, 0.2) is 0 Å². The smallest absolute Gasteiger partial charge is 0.112 e. The molecule has 0 saturated carbocycles. The number of benzene rings is 1. The number of aryl methyl sites for hydroxylation is 1. The van der Waals surface area contributed by atoms with Crippen LogP contribution in [0.25, 0.3) is 0 Å². The summed E-state index contributed by atoms with van der Waals surface area (Å²) in [6.45, 7) is -0.216. The molecule has 1 aromatic rings. The van der Waals surface area contributed by atoms with Crippen molar-refractivity contribution in [3.05, 3.63) is 35.9 Å². The zero-order chi connectivity index (χ0) is 10.7. The first-order valence-electron chi connectivity index (χ1n) is 5.29. The van der Waals surface area contributed by atoms with Crippen LogP contribution in [0.3, 0.4) is 0 Å². The fourth-order valence-corrected chi connectivity index (χ4v) is 1.78. The number of aliphatic hydroxyl groups is 2. The molecular formula is C12H16O3. The van der Waals surface area contributed by atoms with Crippen molar-refractivity contribution in [1.29, 1.82) is 0 Å². The van der Waals surface area contributed by atoms with Crippen molar-refractivity contribution in [2.75, 3.05) is 6.61 Å². The van der Waals surface area contributed by atoms with Crippen LogP contribution in [-0.4, -0.2) is 35.1 Å². The molecule has 1 heterocycles. The Morgan fingerprint density at radius 2 is 2.00 bits per heavy atom. The number of ether oxygens (including phenoxy) is 1. The maximum atomic E-state index is 9.29. The van der Waals surface area contributed by atoms with Gasteiger partial charge in [-0.3, -0.25) is 0 Å². The summed E-state index contributed by atoms with van der Waals surface area (Å²) in [4.78, 5) is 0.